The Labute approximate surface area is 123 Å². The normalized spacial score (nSPS) is 38.0. The van der Waals surface area contributed by atoms with Gasteiger partial charge in [-0.05, 0) is 23.7 Å². The Hall–Kier alpha value is -0.580. The van der Waals surface area contributed by atoms with Gasteiger partial charge in [-0.2, -0.15) is 0 Å². The van der Waals surface area contributed by atoms with Gasteiger partial charge >= 0.3 is 0 Å². The molecule has 0 aliphatic heterocycles. The average Bonchev–Trinajstić information content (AvgIpc) is 2.62. The summed E-state index contributed by atoms with van der Waals surface area (Å²) in [6, 6.07) is 0. The van der Waals surface area contributed by atoms with E-state index in [0.29, 0.717) is 11.8 Å². The molecule has 0 aromatic rings. The lowest BCUT2D eigenvalue weighted by atomic mass is 9.65. The standard InChI is InChI=1S/C14H23BrN2O2/c1-7-10-6-11(13(7,4)5)12(15)14(10,16-8(2)18)17-9(3)19/h7,10-12H,6H2,1-5H3,(H,16,18)(H,17,19)/t7-,10-,11+,12+/m1/s1. The molecule has 2 N–H and O–H groups in total. The summed E-state index contributed by atoms with van der Waals surface area (Å²) in [6.07, 6.45) is 1.03. The quantitative estimate of drug-likeness (QED) is 0.601. The smallest absolute Gasteiger partial charge is 0.218 e. The third kappa shape index (κ3) is 2.01. The summed E-state index contributed by atoms with van der Waals surface area (Å²) in [5.41, 5.74) is -0.420. The molecule has 0 unspecified atom stereocenters. The summed E-state index contributed by atoms with van der Waals surface area (Å²) in [4.78, 5) is 23.3. The van der Waals surface area contributed by atoms with Gasteiger partial charge in [0.2, 0.25) is 11.8 Å². The van der Waals surface area contributed by atoms with Gasteiger partial charge in [0.15, 0.2) is 0 Å². The van der Waals surface area contributed by atoms with Crippen LogP contribution in [0.15, 0.2) is 0 Å². The first-order valence-electron chi connectivity index (χ1n) is 6.84. The van der Waals surface area contributed by atoms with E-state index in [4.69, 9.17) is 0 Å². The summed E-state index contributed by atoms with van der Waals surface area (Å²) in [6.45, 7) is 9.79. The number of rotatable bonds is 2. The molecule has 2 fully saturated rings. The molecule has 0 aromatic carbocycles. The van der Waals surface area contributed by atoms with E-state index < -0.39 is 5.66 Å². The summed E-state index contributed by atoms with van der Waals surface area (Å²) in [5.74, 6) is 0.965. The van der Waals surface area contributed by atoms with Crippen LogP contribution < -0.4 is 10.6 Å². The van der Waals surface area contributed by atoms with Crippen LogP contribution in [-0.4, -0.2) is 22.3 Å². The van der Waals surface area contributed by atoms with Crippen LogP contribution in [0.3, 0.4) is 0 Å². The van der Waals surface area contributed by atoms with Crippen molar-refractivity contribution in [2.24, 2.45) is 23.2 Å². The highest BCUT2D eigenvalue weighted by Gasteiger charge is 2.67. The number of fused-ring (bicyclic) bond motifs is 2. The van der Waals surface area contributed by atoms with E-state index in [1.54, 1.807) is 0 Å². The number of carbonyl (C=O) groups is 2. The Bertz CT molecular complexity index is 406. The highest BCUT2D eigenvalue weighted by atomic mass is 79.9. The van der Waals surface area contributed by atoms with Crippen LogP contribution in [0.25, 0.3) is 0 Å². The first-order chi connectivity index (χ1) is 8.63. The molecule has 108 valence electrons. The van der Waals surface area contributed by atoms with Crippen molar-refractivity contribution in [3.05, 3.63) is 0 Å². The first-order valence-corrected chi connectivity index (χ1v) is 7.76. The minimum absolute atomic E-state index is 0.0731. The average molecular weight is 331 g/mol. The molecule has 19 heavy (non-hydrogen) atoms. The molecule has 0 aromatic heterocycles. The predicted molar refractivity (Wildman–Crippen MR) is 77.6 cm³/mol. The van der Waals surface area contributed by atoms with Crippen molar-refractivity contribution in [2.75, 3.05) is 0 Å². The van der Waals surface area contributed by atoms with Gasteiger partial charge in [-0.15, -0.1) is 0 Å². The molecule has 4 atom stereocenters. The van der Waals surface area contributed by atoms with Crippen LogP contribution in [-0.2, 0) is 9.59 Å². The van der Waals surface area contributed by atoms with E-state index in [0.717, 1.165) is 6.42 Å². The van der Waals surface area contributed by atoms with Gasteiger partial charge < -0.3 is 10.6 Å². The summed E-state index contributed by atoms with van der Waals surface area (Å²) in [5, 5.41) is 6.04. The first kappa shape index (κ1) is 14.8. The molecule has 2 bridgehead atoms. The zero-order valence-corrected chi connectivity index (χ0v) is 13.8. The molecule has 2 aliphatic carbocycles. The predicted octanol–water partition coefficient (Wildman–Crippen LogP) is 2.03. The van der Waals surface area contributed by atoms with Crippen molar-refractivity contribution in [3.63, 3.8) is 0 Å². The van der Waals surface area contributed by atoms with Crippen LogP contribution in [0.4, 0.5) is 0 Å². The monoisotopic (exact) mass is 330 g/mol. The molecule has 2 saturated carbocycles. The molecule has 2 amide bonds. The zero-order valence-electron chi connectivity index (χ0n) is 12.2. The minimum atomic E-state index is -0.642. The molecule has 0 saturated heterocycles. The number of alkyl halides is 1. The Morgan fingerprint density at radius 1 is 1.11 bits per heavy atom. The highest BCUT2D eigenvalue weighted by molar-refractivity contribution is 9.09. The number of hydrogen-bond donors (Lipinski definition) is 2. The van der Waals surface area contributed by atoms with Gasteiger partial charge in [0.1, 0.15) is 5.66 Å². The largest absolute Gasteiger partial charge is 0.332 e. The lowest BCUT2D eigenvalue weighted by Crippen LogP contribution is -2.70. The summed E-state index contributed by atoms with van der Waals surface area (Å²) < 4.78 is 0. The number of hydrogen-bond acceptors (Lipinski definition) is 2. The van der Waals surface area contributed by atoms with Crippen molar-refractivity contribution in [1.29, 1.82) is 0 Å². The number of carbonyl (C=O) groups excluding carboxylic acids is 2. The fourth-order valence-electron chi connectivity index (χ4n) is 4.17. The maximum absolute atomic E-state index is 11.6. The molecule has 0 heterocycles. The van der Waals surface area contributed by atoms with Crippen molar-refractivity contribution in [1.82, 2.24) is 10.6 Å². The van der Waals surface area contributed by atoms with E-state index in [2.05, 4.69) is 47.3 Å². The third-order valence-electron chi connectivity index (χ3n) is 5.38. The Morgan fingerprint density at radius 3 is 1.95 bits per heavy atom. The van der Waals surface area contributed by atoms with E-state index in [1.165, 1.54) is 13.8 Å². The molecule has 2 rings (SSSR count). The number of amides is 2. The Kier molecular flexibility index (Phi) is 3.49. The fraction of sp³-hybridized carbons (Fsp3) is 0.857. The topological polar surface area (TPSA) is 58.2 Å². The van der Waals surface area contributed by atoms with Gasteiger partial charge in [0, 0.05) is 19.8 Å². The van der Waals surface area contributed by atoms with E-state index >= 15 is 0 Å². The molecular formula is C14H23BrN2O2. The minimum Gasteiger partial charge on any atom is -0.332 e. The van der Waals surface area contributed by atoms with Crippen molar-refractivity contribution in [3.8, 4) is 0 Å². The SMILES string of the molecule is CC(=O)NC1(NC(C)=O)[C@@H]2C[C@@H]([C@@H]1Br)C(C)(C)[C@@H]2C. The summed E-state index contributed by atoms with van der Waals surface area (Å²) >= 11 is 3.75. The van der Waals surface area contributed by atoms with Gasteiger partial charge in [-0.25, -0.2) is 0 Å². The highest BCUT2D eigenvalue weighted by Crippen LogP contribution is 2.64. The van der Waals surface area contributed by atoms with E-state index in [9.17, 15) is 9.59 Å². The molecule has 0 spiro atoms. The molecule has 2 aliphatic rings. The third-order valence-corrected chi connectivity index (χ3v) is 6.74. The lowest BCUT2D eigenvalue weighted by molar-refractivity contribution is -0.127. The number of halogens is 1. The fourth-order valence-corrected chi connectivity index (χ4v) is 5.64. The Balaban J connectivity index is 2.40. The summed E-state index contributed by atoms with van der Waals surface area (Å²) in [7, 11) is 0. The lowest BCUT2D eigenvalue weighted by Gasteiger charge is -2.50. The molecule has 4 nitrogen and oxygen atoms in total. The van der Waals surface area contributed by atoms with Gasteiger partial charge in [-0.3, -0.25) is 9.59 Å². The second kappa shape index (κ2) is 4.47. The van der Waals surface area contributed by atoms with Crippen LogP contribution in [0.2, 0.25) is 0 Å². The van der Waals surface area contributed by atoms with E-state index in [1.807, 2.05) is 0 Å². The maximum Gasteiger partial charge on any atom is 0.218 e. The number of nitrogens with one attached hydrogen (secondary N) is 2. The Morgan fingerprint density at radius 2 is 1.58 bits per heavy atom. The second-order valence-corrected chi connectivity index (χ2v) is 7.68. The molecular weight excluding hydrogens is 308 g/mol. The van der Waals surface area contributed by atoms with Crippen molar-refractivity contribution >= 4 is 27.7 Å². The zero-order chi connectivity index (χ0) is 14.6. The van der Waals surface area contributed by atoms with E-state index in [-0.39, 0.29) is 28.0 Å². The van der Waals surface area contributed by atoms with Gasteiger partial charge in [0.05, 0.1) is 4.83 Å². The van der Waals surface area contributed by atoms with Gasteiger partial charge in [-0.1, -0.05) is 36.7 Å². The van der Waals surface area contributed by atoms with Crippen molar-refractivity contribution < 1.29 is 9.59 Å². The maximum atomic E-state index is 11.6. The molecule has 5 heteroatoms. The van der Waals surface area contributed by atoms with Crippen LogP contribution in [0.1, 0.15) is 41.0 Å². The van der Waals surface area contributed by atoms with Crippen molar-refractivity contribution in [2.45, 2.75) is 51.5 Å². The van der Waals surface area contributed by atoms with Gasteiger partial charge in [0.25, 0.3) is 0 Å². The van der Waals surface area contributed by atoms with Crippen LogP contribution in [0.5, 0.6) is 0 Å². The van der Waals surface area contributed by atoms with Crippen LogP contribution in [0, 0.1) is 23.2 Å². The molecule has 0 radical (unpaired) electrons. The van der Waals surface area contributed by atoms with Crippen LogP contribution >= 0.6 is 15.9 Å². The second-order valence-electron chi connectivity index (χ2n) is 6.69.